The molecule has 5 heteroatoms. The van der Waals surface area contributed by atoms with Crippen molar-refractivity contribution < 1.29 is 0 Å². The molecule has 0 unspecified atom stereocenters. The van der Waals surface area contributed by atoms with E-state index in [1.54, 1.807) is 0 Å². The lowest BCUT2D eigenvalue weighted by atomic mass is 10.2. The predicted molar refractivity (Wildman–Crippen MR) is 82.0 cm³/mol. The molecule has 0 saturated carbocycles. The average molecular weight is 285 g/mol. The fraction of sp³-hybridized carbons (Fsp3) is 0.562. The van der Waals surface area contributed by atoms with Crippen molar-refractivity contribution in [1.29, 1.82) is 0 Å². The van der Waals surface area contributed by atoms with Crippen molar-refractivity contribution in [3.63, 3.8) is 0 Å². The van der Waals surface area contributed by atoms with Crippen LogP contribution in [0.1, 0.15) is 30.2 Å². The van der Waals surface area contributed by atoms with E-state index in [1.165, 1.54) is 25.1 Å². The summed E-state index contributed by atoms with van der Waals surface area (Å²) in [6.07, 6.45) is 5.42. The minimum Gasteiger partial charge on any atom is -0.298 e. The van der Waals surface area contributed by atoms with Gasteiger partial charge in [-0.15, -0.1) is 0 Å². The highest BCUT2D eigenvalue weighted by molar-refractivity contribution is 5.04. The van der Waals surface area contributed by atoms with Crippen LogP contribution in [-0.2, 0) is 13.0 Å². The number of hydrogen-bond donors (Lipinski definition) is 0. The van der Waals surface area contributed by atoms with Crippen LogP contribution in [0, 0.1) is 13.8 Å². The van der Waals surface area contributed by atoms with Crippen molar-refractivity contribution >= 4 is 0 Å². The maximum absolute atomic E-state index is 4.49. The van der Waals surface area contributed by atoms with Crippen LogP contribution in [0.25, 0.3) is 0 Å². The van der Waals surface area contributed by atoms with Gasteiger partial charge in [0.1, 0.15) is 11.6 Å². The van der Waals surface area contributed by atoms with E-state index >= 15 is 0 Å². The Morgan fingerprint density at radius 2 is 2.19 bits per heavy atom. The van der Waals surface area contributed by atoms with E-state index in [9.17, 15) is 0 Å². The molecule has 5 nitrogen and oxygen atoms in total. The molecule has 0 bridgehead atoms. The first kappa shape index (κ1) is 14.2. The highest BCUT2D eigenvalue weighted by Gasteiger charge is 2.25. The summed E-state index contributed by atoms with van der Waals surface area (Å²) in [7, 11) is 0. The van der Waals surface area contributed by atoms with Crippen LogP contribution in [0.2, 0.25) is 0 Å². The number of likely N-dealkylation sites (tertiary alicyclic amines) is 1. The first-order valence-electron chi connectivity index (χ1n) is 7.74. The molecule has 1 aliphatic heterocycles. The van der Waals surface area contributed by atoms with E-state index in [2.05, 4.69) is 36.8 Å². The van der Waals surface area contributed by atoms with Gasteiger partial charge in [0.2, 0.25) is 0 Å². The van der Waals surface area contributed by atoms with E-state index in [-0.39, 0.29) is 0 Å². The molecule has 112 valence electrons. The molecule has 0 N–H and O–H groups in total. The zero-order valence-corrected chi connectivity index (χ0v) is 12.9. The molecule has 0 amide bonds. The third kappa shape index (κ3) is 3.47. The molecule has 21 heavy (non-hydrogen) atoms. The Kier molecular flexibility index (Phi) is 4.29. The zero-order chi connectivity index (χ0) is 14.7. The third-order valence-electron chi connectivity index (χ3n) is 4.23. The summed E-state index contributed by atoms with van der Waals surface area (Å²) in [5.74, 6) is 1.88. The molecular formula is C16H23N5. The average Bonchev–Trinajstić information content (AvgIpc) is 3.05. The summed E-state index contributed by atoms with van der Waals surface area (Å²) in [5, 5.41) is 4.49. The van der Waals surface area contributed by atoms with Crippen LogP contribution in [-0.4, -0.2) is 43.8 Å². The highest BCUT2D eigenvalue weighted by atomic mass is 15.4. The molecule has 1 fully saturated rings. The van der Waals surface area contributed by atoms with Crippen molar-refractivity contribution in [1.82, 2.24) is 24.6 Å². The van der Waals surface area contributed by atoms with Crippen LogP contribution in [0.5, 0.6) is 0 Å². The van der Waals surface area contributed by atoms with Crippen LogP contribution in [0.15, 0.2) is 24.4 Å². The monoisotopic (exact) mass is 285 g/mol. The Balaban J connectivity index is 1.59. The quantitative estimate of drug-likeness (QED) is 0.843. The summed E-state index contributed by atoms with van der Waals surface area (Å²) >= 11 is 0. The maximum atomic E-state index is 4.49. The number of hydrogen-bond acceptors (Lipinski definition) is 4. The minimum absolute atomic E-state index is 0.577. The highest BCUT2D eigenvalue weighted by Crippen LogP contribution is 2.19. The van der Waals surface area contributed by atoms with Gasteiger partial charge in [-0.25, -0.2) is 9.67 Å². The van der Waals surface area contributed by atoms with Crippen molar-refractivity contribution in [3.8, 4) is 0 Å². The van der Waals surface area contributed by atoms with Crippen LogP contribution in [0.3, 0.4) is 0 Å². The molecule has 0 spiro atoms. The topological polar surface area (TPSA) is 46.8 Å². The van der Waals surface area contributed by atoms with Gasteiger partial charge in [-0.05, 0) is 45.4 Å². The molecule has 0 aliphatic carbocycles. The normalized spacial score (nSPS) is 19.2. The van der Waals surface area contributed by atoms with E-state index in [4.69, 9.17) is 0 Å². The van der Waals surface area contributed by atoms with E-state index in [0.29, 0.717) is 6.04 Å². The molecule has 1 saturated heterocycles. The van der Waals surface area contributed by atoms with Crippen LogP contribution >= 0.6 is 0 Å². The Morgan fingerprint density at radius 1 is 1.29 bits per heavy atom. The Morgan fingerprint density at radius 3 is 2.90 bits per heavy atom. The molecule has 0 radical (unpaired) electrons. The molecule has 0 aromatic carbocycles. The summed E-state index contributed by atoms with van der Waals surface area (Å²) in [5.41, 5.74) is 1.18. The van der Waals surface area contributed by atoms with Gasteiger partial charge in [-0.3, -0.25) is 9.88 Å². The lowest BCUT2D eigenvalue weighted by molar-refractivity contribution is 0.227. The van der Waals surface area contributed by atoms with Gasteiger partial charge in [-0.2, -0.15) is 5.10 Å². The van der Waals surface area contributed by atoms with Crippen molar-refractivity contribution in [2.45, 2.75) is 45.7 Å². The Labute approximate surface area is 126 Å². The SMILES string of the molecule is Cc1nc(C)n(C[C@H]2CCCN2CCc2ccccn2)n1. The number of rotatable bonds is 5. The number of nitrogens with zero attached hydrogens (tertiary/aromatic N) is 5. The van der Waals surface area contributed by atoms with Crippen molar-refractivity contribution in [2.24, 2.45) is 0 Å². The van der Waals surface area contributed by atoms with Crippen LogP contribution < -0.4 is 0 Å². The fourth-order valence-corrected chi connectivity index (χ4v) is 3.13. The van der Waals surface area contributed by atoms with E-state index in [0.717, 1.165) is 31.2 Å². The lowest BCUT2D eigenvalue weighted by Gasteiger charge is -2.24. The lowest BCUT2D eigenvalue weighted by Crippen LogP contribution is -2.35. The molecule has 1 atom stereocenters. The summed E-state index contributed by atoms with van der Waals surface area (Å²) in [6.45, 7) is 7.21. The molecule has 2 aromatic heterocycles. The van der Waals surface area contributed by atoms with Gasteiger partial charge in [0.05, 0.1) is 6.54 Å². The molecule has 3 heterocycles. The molecule has 2 aromatic rings. The number of aromatic nitrogens is 4. The van der Waals surface area contributed by atoms with Crippen molar-refractivity contribution in [2.75, 3.05) is 13.1 Å². The van der Waals surface area contributed by atoms with Gasteiger partial charge in [-0.1, -0.05) is 6.07 Å². The van der Waals surface area contributed by atoms with Gasteiger partial charge < -0.3 is 0 Å². The standard InChI is InChI=1S/C16H23N5/c1-13-18-14(2)21(19-13)12-16-7-5-10-20(16)11-8-15-6-3-4-9-17-15/h3-4,6,9,16H,5,7-8,10-12H2,1-2H3/t16-/m1/s1. The van der Waals surface area contributed by atoms with Crippen LogP contribution in [0.4, 0.5) is 0 Å². The smallest absolute Gasteiger partial charge is 0.147 e. The largest absolute Gasteiger partial charge is 0.298 e. The number of aryl methyl sites for hydroxylation is 2. The van der Waals surface area contributed by atoms with Gasteiger partial charge >= 0.3 is 0 Å². The van der Waals surface area contributed by atoms with Gasteiger partial charge in [0.25, 0.3) is 0 Å². The molecular weight excluding hydrogens is 262 g/mol. The first-order chi connectivity index (χ1) is 10.2. The zero-order valence-electron chi connectivity index (χ0n) is 12.9. The predicted octanol–water partition coefficient (Wildman–Crippen LogP) is 2.00. The summed E-state index contributed by atoms with van der Waals surface area (Å²) in [6, 6.07) is 6.72. The molecule has 3 rings (SSSR count). The van der Waals surface area contributed by atoms with Crippen molar-refractivity contribution in [3.05, 3.63) is 41.7 Å². The first-order valence-corrected chi connectivity index (χ1v) is 7.74. The Hall–Kier alpha value is -1.75. The second-order valence-corrected chi connectivity index (χ2v) is 5.79. The minimum atomic E-state index is 0.577. The summed E-state index contributed by atoms with van der Waals surface area (Å²) in [4.78, 5) is 11.4. The second kappa shape index (κ2) is 6.35. The fourth-order valence-electron chi connectivity index (χ4n) is 3.13. The maximum Gasteiger partial charge on any atom is 0.147 e. The Bertz CT molecular complexity index is 578. The summed E-state index contributed by atoms with van der Waals surface area (Å²) < 4.78 is 2.05. The number of pyridine rings is 1. The molecule has 1 aliphatic rings. The third-order valence-corrected chi connectivity index (χ3v) is 4.23. The second-order valence-electron chi connectivity index (χ2n) is 5.79. The van der Waals surface area contributed by atoms with E-state index in [1.807, 2.05) is 26.1 Å². The van der Waals surface area contributed by atoms with Gasteiger partial charge in [0.15, 0.2) is 0 Å². The van der Waals surface area contributed by atoms with E-state index < -0.39 is 0 Å². The van der Waals surface area contributed by atoms with Gasteiger partial charge in [0, 0.05) is 30.9 Å².